The van der Waals surface area contributed by atoms with Crippen molar-refractivity contribution in [3.05, 3.63) is 108 Å². The molecule has 3 heteroatoms. The monoisotopic (exact) mass is 373 g/mol. The lowest BCUT2D eigenvalue weighted by atomic mass is 10.0. The fourth-order valence-corrected chi connectivity index (χ4v) is 3.81. The Kier molecular flexibility index (Phi) is 6.17. The fraction of sp³-hybridized carbons (Fsp3) is 0.280. The Labute approximate surface area is 167 Å². The Morgan fingerprint density at radius 3 is 2.18 bits per heavy atom. The van der Waals surface area contributed by atoms with Gasteiger partial charge >= 0.3 is 0 Å². The molecule has 3 aromatic carbocycles. The maximum atomic E-state index is 6.43. The SMILES string of the molecule is C[C@@H](c1ccccc1)N1O[C@H](c2ccccc2)C[C@@H]1COCc1ccccc1. The molecule has 1 heterocycles. The zero-order valence-corrected chi connectivity index (χ0v) is 16.3. The molecule has 0 aliphatic carbocycles. The zero-order valence-electron chi connectivity index (χ0n) is 16.3. The molecule has 0 unspecified atom stereocenters. The van der Waals surface area contributed by atoms with Gasteiger partial charge < -0.3 is 4.74 Å². The summed E-state index contributed by atoms with van der Waals surface area (Å²) in [5.41, 5.74) is 3.67. The second-order valence-corrected chi connectivity index (χ2v) is 7.34. The van der Waals surface area contributed by atoms with Crippen LogP contribution in [0.25, 0.3) is 0 Å². The van der Waals surface area contributed by atoms with Crippen molar-refractivity contribution in [3.63, 3.8) is 0 Å². The molecule has 0 aromatic heterocycles. The molecule has 28 heavy (non-hydrogen) atoms. The van der Waals surface area contributed by atoms with Gasteiger partial charge in [0.25, 0.3) is 0 Å². The summed E-state index contributed by atoms with van der Waals surface area (Å²) in [4.78, 5) is 6.43. The van der Waals surface area contributed by atoms with Gasteiger partial charge in [-0.05, 0) is 30.0 Å². The topological polar surface area (TPSA) is 21.7 Å². The summed E-state index contributed by atoms with van der Waals surface area (Å²) in [5.74, 6) is 0. The second kappa shape index (κ2) is 9.16. The molecule has 1 aliphatic rings. The summed E-state index contributed by atoms with van der Waals surface area (Å²) in [6, 6.07) is 31.7. The second-order valence-electron chi connectivity index (χ2n) is 7.34. The fourth-order valence-electron chi connectivity index (χ4n) is 3.81. The molecule has 0 N–H and O–H groups in total. The molecule has 1 saturated heterocycles. The maximum absolute atomic E-state index is 6.43. The molecule has 0 amide bonds. The zero-order chi connectivity index (χ0) is 19.2. The summed E-state index contributed by atoms with van der Waals surface area (Å²) in [5, 5.41) is 2.14. The third kappa shape index (κ3) is 4.50. The van der Waals surface area contributed by atoms with E-state index in [-0.39, 0.29) is 18.2 Å². The molecule has 0 saturated carbocycles. The van der Waals surface area contributed by atoms with E-state index >= 15 is 0 Å². The number of ether oxygens (including phenoxy) is 1. The first kappa shape index (κ1) is 18.9. The first-order chi connectivity index (χ1) is 13.8. The van der Waals surface area contributed by atoms with E-state index in [0.717, 1.165) is 6.42 Å². The minimum atomic E-state index is 0.0673. The Morgan fingerprint density at radius 2 is 1.50 bits per heavy atom. The minimum Gasteiger partial charge on any atom is -0.375 e. The predicted octanol–water partition coefficient (Wildman–Crippen LogP) is 5.71. The summed E-state index contributed by atoms with van der Waals surface area (Å²) in [6.45, 7) is 3.48. The van der Waals surface area contributed by atoms with E-state index in [0.29, 0.717) is 13.2 Å². The van der Waals surface area contributed by atoms with Crippen molar-refractivity contribution in [1.82, 2.24) is 5.06 Å². The molecule has 144 valence electrons. The van der Waals surface area contributed by atoms with Crippen LogP contribution in [0.2, 0.25) is 0 Å². The average molecular weight is 373 g/mol. The normalized spacial score (nSPS) is 20.9. The maximum Gasteiger partial charge on any atom is 0.106 e. The van der Waals surface area contributed by atoms with Crippen molar-refractivity contribution < 1.29 is 9.57 Å². The van der Waals surface area contributed by atoms with Crippen LogP contribution in [-0.2, 0) is 16.2 Å². The highest BCUT2D eigenvalue weighted by Gasteiger charge is 2.37. The molecule has 3 atom stereocenters. The highest BCUT2D eigenvalue weighted by atomic mass is 16.7. The van der Waals surface area contributed by atoms with Crippen molar-refractivity contribution in [1.29, 1.82) is 0 Å². The lowest BCUT2D eigenvalue weighted by Gasteiger charge is -2.29. The molecule has 0 spiro atoms. The Bertz CT molecular complexity index is 838. The van der Waals surface area contributed by atoms with E-state index in [9.17, 15) is 0 Å². The number of hydrogen-bond donors (Lipinski definition) is 0. The van der Waals surface area contributed by atoms with Crippen molar-refractivity contribution in [2.24, 2.45) is 0 Å². The first-order valence-electron chi connectivity index (χ1n) is 9.98. The van der Waals surface area contributed by atoms with Crippen LogP contribution < -0.4 is 0 Å². The first-order valence-corrected chi connectivity index (χ1v) is 9.98. The summed E-state index contributed by atoms with van der Waals surface area (Å²) in [6.07, 6.45) is 0.994. The van der Waals surface area contributed by atoms with Crippen LogP contribution >= 0.6 is 0 Å². The number of benzene rings is 3. The third-order valence-electron chi connectivity index (χ3n) is 5.35. The van der Waals surface area contributed by atoms with Crippen LogP contribution in [-0.4, -0.2) is 17.7 Å². The molecule has 0 radical (unpaired) electrons. The number of hydrogen-bond acceptors (Lipinski definition) is 3. The summed E-state index contributed by atoms with van der Waals surface area (Å²) < 4.78 is 6.08. The molecule has 4 rings (SSSR count). The third-order valence-corrected chi connectivity index (χ3v) is 5.35. The van der Waals surface area contributed by atoms with E-state index in [4.69, 9.17) is 9.57 Å². The van der Waals surface area contributed by atoms with Crippen LogP contribution in [0.3, 0.4) is 0 Å². The van der Waals surface area contributed by atoms with Gasteiger partial charge in [0.05, 0.1) is 25.3 Å². The predicted molar refractivity (Wildman–Crippen MR) is 111 cm³/mol. The van der Waals surface area contributed by atoms with E-state index in [1.54, 1.807) is 0 Å². The lowest BCUT2D eigenvalue weighted by Crippen LogP contribution is -2.34. The quantitative estimate of drug-likeness (QED) is 0.529. The van der Waals surface area contributed by atoms with Crippen molar-refractivity contribution in [2.45, 2.75) is 38.1 Å². The molecule has 1 aliphatic heterocycles. The van der Waals surface area contributed by atoms with Gasteiger partial charge in [0.1, 0.15) is 6.10 Å². The molecular formula is C25H27NO2. The average Bonchev–Trinajstić information content (AvgIpc) is 3.19. The smallest absolute Gasteiger partial charge is 0.106 e. The molecule has 0 bridgehead atoms. The van der Waals surface area contributed by atoms with E-state index < -0.39 is 0 Å². The van der Waals surface area contributed by atoms with Crippen molar-refractivity contribution in [2.75, 3.05) is 6.61 Å². The van der Waals surface area contributed by atoms with Crippen molar-refractivity contribution in [3.8, 4) is 0 Å². The van der Waals surface area contributed by atoms with Crippen LogP contribution in [0.5, 0.6) is 0 Å². The number of rotatable bonds is 7. The van der Waals surface area contributed by atoms with Crippen LogP contribution in [0.1, 0.15) is 42.2 Å². The summed E-state index contributed by atoms with van der Waals surface area (Å²) >= 11 is 0. The lowest BCUT2D eigenvalue weighted by molar-refractivity contribution is -0.196. The molecule has 3 nitrogen and oxygen atoms in total. The van der Waals surface area contributed by atoms with Crippen LogP contribution in [0.15, 0.2) is 91.0 Å². The molecule has 1 fully saturated rings. The van der Waals surface area contributed by atoms with E-state index in [2.05, 4.69) is 72.7 Å². The van der Waals surface area contributed by atoms with Gasteiger partial charge in [-0.1, -0.05) is 91.0 Å². The molecular weight excluding hydrogens is 346 g/mol. The highest BCUT2D eigenvalue weighted by molar-refractivity contribution is 5.21. The van der Waals surface area contributed by atoms with Gasteiger partial charge in [0.15, 0.2) is 0 Å². The minimum absolute atomic E-state index is 0.0673. The number of nitrogens with zero attached hydrogens (tertiary/aromatic N) is 1. The Morgan fingerprint density at radius 1 is 0.893 bits per heavy atom. The van der Waals surface area contributed by atoms with Gasteiger partial charge in [-0.3, -0.25) is 4.84 Å². The van der Waals surface area contributed by atoms with Gasteiger partial charge in [-0.25, -0.2) is 0 Å². The Hall–Kier alpha value is -2.46. The number of hydroxylamine groups is 2. The van der Waals surface area contributed by atoms with Gasteiger partial charge in [0, 0.05) is 0 Å². The van der Waals surface area contributed by atoms with Gasteiger partial charge in [-0.15, -0.1) is 0 Å². The van der Waals surface area contributed by atoms with Gasteiger partial charge in [0.2, 0.25) is 0 Å². The summed E-state index contributed by atoms with van der Waals surface area (Å²) in [7, 11) is 0. The van der Waals surface area contributed by atoms with Crippen molar-refractivity contribution >= 4 is 0 Å². The standard InChI is InChI=1S/C25H27NO2/c1-20(22-13-7-3-8-14-22)26-24(19-27-18-21-11-5-2-6-12-21)17-25(28-26)23-15-9-4-10-16-23/h2-16,20,24-25H,17-19H2,1H3/t20-,24+,25-/m0/s1. The molecule has 3 aromatic rings. The van der Waals surface area contributed by atoms with Gasteiger partial charge in [-0.2, -0.15) is 5.06 Å². The van der Waals surface area contributed by atoms with Crippen LogP contribution in [0, 0.1) is 0 Å². The largest absolute Gasteiger partial charge is 0.375 e. The highest BCUT2D eigenvalue weighted by Crippen LogP contribution is 2.38. The van der Waals surface area contributed by atoms with Crippen LogP contribution in [0.4, 0.5) is 0 Å². The Balaban J connectivity index is 1.47. The van der Waals surface area contributed by atoms with E-state index in [1.807, 2.05) is 30.3 Å². The van der Waals surface area contributed by atoms with E-state index in [1.165, 1.54) is 16.7 Å².